The molecule has 1 saturated heterocycles. The van der Waals surface area contributed by atoms with E-state index in [1.165, 1.54) is 0 Å². The molecule has 1 aliphatic rings. The predicted octanol–water partition coefficient (Wildman–Crippen LogP) is 0.505. The molecule has 1 aliphatic heterocycles. The fourth-order valence-electron chi connectivity index (χ4n) is 3.14. The maximum absolute atomic E-state index is 12.6. The van der Waals surface area contributed by atoms with Crippen LogP contribution in [-0.2, 0) is 11.3 Å². The van der Waals surface area contributed by atoms with E-state index in [1.54, 1.807) is 4.90 Å². The van der Waals surface area contributed by atoms with Gasteiger partial charge in [-0.25, -0.2) is 4.68 Å². The molecule has 1 N–H and O–H groups in total. The maximum Gasteiger partial charge on any atom is 0.265 e. The number of carbonyl (C=O) groups is 1. The minimum Gasteiger partial charge on any atom is -0.361 e. The lowest BCUT2D eigenvalue weighted by molar-refractivity contribution is -0.133. The van der Waals surface area contributed by atoms with E-state index in [9.17, 15) is 14.4 Å². The Kier molecular flexibility index (Phi) is 3.89. The third-order valence-electron chi connectivity index (χ3n) is 4.18. The molecule has 8 nitrogen and oxygen atoms in total. The van der Waals surface area contributed by atoms with Gasteiger partial charge in [0, 0.05) is 24.2 Å². The van der Waals surface area contributed by atoms with E-state index in [1.807, 2.05) is 13.8 Å². The Morgan fingerprint density at radius 3 is 2.87 bits per heavy atom. The zero-order valence-electron chi connectivity index (χ0n) is 13.0. The van der Waals surface area contributed by atoms with Crippen LogP contribution < -0.4 is 11.1 Å². The van der Waals surface area contributed by atoms with Gasteiger partial charge in [-0.2, -0.15) is 0 Å². The largest absolute Gasteiger partial charge is 0.361 e. The summed E-state index contributed by atoms with van der Waals surface area (Å²) in [7, 11) is 0. The monoisotopic (exact) mass is 318 g/mol. The van der Waals surface area contributed by atoms with Gasteiger partial charge >= 0.3 is 0 Å². The number of nitrogens with one attached hydrogen (secondary N) is 1. The van der Waals surface area contributed by atoms with E-state index >= 15 is 0 Å². The summed E-state index contributed by atoms with van der Waals surface area (Å²) in [5.74, 6) is 0.494. The van der Waals surface area contributed by atoms with Crippen molar-refractivity contribution in [1.82, 2.24) is 19.8 Å². The summed E-state index contributed by atoms with van der Waals surface area (Å²) in [4.78, 5) is 37.4. The molecular weight excluding hydrogens is 300 g/mol. The molecular formula is C15H18N4O4. The molecule has 0 radical (unpaired) electrons. The number of amides is 1. The molecule has 0 saturated carbocycles. The molecule has 3 rings (SSSR count). The van der Waals surface area contributed by atoms with Crippen molar-refractivity contribution in [3.8, 4) is 0 Å². The van der Waals surface area contributed by atoms with Crippen molar-refractivity contribution in [2.24, 2.45) is 0 Å². The number of nitrogens with zero attached hydrogens (tertiary/aromatic N) is 3. The Balaban J connectivity index is 1.85. The summed E-state index contributed by atoms with van der Waals surface area (Å²) in [6.45, 7) is 4.11. The van der Waals surface area contributed by atoms with Gasteiger partial charge in [0.15, 0.2) is 0 Å². The van der Waals surface area contributed by atoms with Crippen LogP contribution in [0.4, 0.5) is 0 Å². The summed E-state index contributed by atoms with van der Waals surface area (Å²) < 4.78 is 6.23. The number of aryl methyl sites for hydroxylation is 2. The zero-order valence-corrected chi connectivity index (χ0v) is 13.0. The average molecular weight is 318 g/mol. The average Bonchev–Trinajstić information content (AvgIpc) is 3.09. The van der Waals surface area contributed by atoms with E-state index < -0.39 is 11.1 Å². The van der Waals surface area contributed by atoms with Crippen LogP contribution in [0.3, 0.4) is 0 Å². The Bertz CT molecular complexity index is 828. The van der Waals surface area contributed by atoms with Gasteiger partial charge in [-0.3, -0.25) is 19.5 Å². The van der Waals surface area contributed by atoms with E-state index in [-0.39, 0.29) is 18.5 Å². The molecule has 2 aromatic rings. The summed E-state index contributed by atoms with van der Waals surface area (Å²) >= 11 is 0. The molecule has 3 heterocycles. The van der Waals surface area contributed by atoms with Gasteiger partial charge in [-0.1, -0.05) is 5.16 Å². The van der Waals surface area contributed by atoms with Crippen LogP contribution in [0.5, 0.6) is 0 Å². The Labute approximate surface area is 131 Å². The molecule has 23 heavy (non-hydrogen) atoms. The first-order chi connectivity index (χ1) is 11.0. The molecule has 8 heteroatoms. The number of aromatic nitrogens is 3. The van der Waals surface area contributed by atoms with Gasteiger partial charge < -0.3 is 9.42 Å². The second-order valence-corrected chi connectivity index (χ2v) is 5.72. The third-order valence-corrected chi connectivity index (χ3v) is 4.18. The summed E-state index contributed by atoms with van der Waals surface area (Å²) in [6, 6.07) is 2.20. The Hall–Kier alpha value is -2.64. The van der Waals surface area contributed by atoms with Crippen molar-refractivity contribution in [3.05, 3.63) is 49.9 Å². The van der Waals surface area contributed by atoms with Crippen LogP contribution in [-0.4, -0.2) is 32.3 Å². The van der Waals surface area contributed by atoms with Gasteiger partial charge in [0.25, 0.3) is 11.1 Å². The highest BCUT2D eigenvalue weighted by Gasteiger charge is 2.33. The fourth-order valence-corrected chi connectivity index (χ4v) is 3.14. The lowest BCUT2D eigenvalue weighted by Gasteiger charge is -2.25. The molecule has 2 aromatic heterocycles. The van der Waals surface area contributed by atoms with Crippen molar-refractivity contribution >= 4 is 5.91 Å². The highest BCUT2D eigenvalue weighted by molar-refractivity contribution is 5.76. The van der Waals surface area contributed by atoms with Crippen LogP contribution in [0.25, 0.3) is 0 Å². The smallest absolute Gasteiger partial charge is 0.265 e. The van der Waals surface area contributed by atoms with E-state index in [0.717, 1.165) is 40.9 Å². The van der Waals surface area contributed by atoms with E-state index in [2.05, 4.69) is 10.3 Å². The van der Waals surface area contributed by atoms with Crippen LogP contribution in [0.15, 0.2) is 26.2 Å². The number of hydrogen-bond donors (Lipinski definition) is 1. The van der Waals surface area contributed by atoms with E-state index in [4.69, 9.17) is 4.52 Å². The van der Waals surface area contributed by atoms with Crippen LogP contribution >= 0.6 is 0 Å². The molecule has 0 aromatic carbocycles. The quantitative estimate of drug-likeness (QED) is 0.888. The van der Waals surface area contributed by atoms with Crippen LogP contribution in [0, 0.1) is 13.8 Å². The number of carbonyl (C=O) groups excluding carboxylic acids is 1. The summed E-state index contributed by atoms with van der Waals surface area (Å²) in [5.41, 5.74) is 0.884. The number of aromatic amines is 1. The van der Waals surface area contributed by atoms with Crippen molar-refractivity contribution < 1.29 is 9.32 Å². The van der Waals surface area contributed by atoms with Gasteiger partial charge in [-0.05, 0) is 26.7 Å². The molecule has 1 atom stereocenters. The second kappa shape index (κ2) is 5.86. The van der Waals surface area contributed by atoms with Gasteiger partial charge in [-0.15, -0.1) is 0 Å². The van der Waals surface area contributed by atoms with Crippen molar-refractivity contribution in [2.75, 3.05) is 6.54 Å². The highest BCUT2D eigenvalue weighted by Crippen LogP contribution is 2.35. The van der Waals surface area contributed by atoms with Crippen LogP contribution in [0.1, 0.15) is 35.9 Å². The Morgan fingerprint density at radius 1 is 1.39 bits per heavy atom. The molecule has 0 aliphatic carbocycles. The number of likely N-dealkylation sites (tertiary alicyclic amines) is 1. The standard InChI is InChI=1S/C15H18N4O4/c1-9-15(10(2)23-17-9)11-4-3-7-18(11)14(22)8-19-13(21)6-5-12(20)16-19/h5-6,11H,3-4,7-8H2,1-2H3,(H,16,20)/t11-/m0/s1. The second-order valence-electron chi connectivity index (χ2n) is 5.72. The first-order valence-electron chi connectivity index (χ1n) is 7.50. The summed E-state index contributed by atoms with van der Waals surface area (Å²) in [6.07, 6.45) is 1.70. The van der Waals surface area contributed by atoms with Gasteiger partial charge in [0.1, 0.15) is 12.3 Å². The minimum absolute atomic E-state index is 0.0973. The first kappa shape index (κ1) is 15.3. The molecule has 1 amide bonds. The molecule has 0 unspecified atom stereocenters. The van der Waals surface area contributed by atoms with Crippen LogP contribution in [0.2, 0.25) is 0 Å². The zero-order chi connectivity index (χ0) is 16.6. The molecule has 0 spiro atoms. The topological polar surface area (TPSA) is 101 Å². The van der Waals surface area contributed by atoms with Gasteiger partial charge in [0.05, 0.1) is 11.7 Å². The lowest BCUT2D eigenvalue weighted by Crippen LogP contribution is -2.38. The highest BCUT2D eigenvalue weighted by atomic mass is 16.5. The molecule has 0 bridgehead atoms. The number of H-pyrrole nitrogens is 1. The Morgan fingerprint density at radius 2 is 2.17 bits per heavy atom. The minimum atomic E-state index is -0.416. The van der Waals surface area contributed by atoms with Gasteiger partial charge in [0.2, 0.25) is 5.91 Å². The SMILES string of the molecule is Cc1noc(C)c1[C@@H]1CCCN1C(=O)Cn1[nH]c(=O)ccc1=O. The molecule has 1 fully saturated rings. The molecule has 122 valence electrons. The number of rotatable bonds is 3. The fraction of sp³-hybridized carbons (Fsp3) is 0.467. The normalized spacial score (nSPS) is 17.7. The lowest BCUT2D eigenvalue weighted by atomic mass is 10.0. The van der Waals surface area contributed by atoms with Crippen molar-refractivity contribution in [1.29, 1.82) is 0 Å². The summed E-state index contributed by atoms with van der Waals surface area (Å²) in [5, 5.41) is 6.32. The van der Waals surface area contributed by atoms with E-state index in [0.29, 0.717) is 12.3 Å². The maximum atomic E-state index is 12.6. The number of hydrogen-bond acceptors (Lipinski definition) is 5. The predicted molar refractivity (Wildman–Crippen MR) is 81.0 cm³/mol. The third kappa shape index (κ3) is 2.84. The van der Waals surface area contributed by atoms with Crippen molar-refractivity contribution in [2.45, 2.75) is 39.3 Å². The first-order valence-corrected chi connectivity index (χ1v) is 7.50. The van der Waals surface area contributed by atoms with Crippen molar-refractivity contribution in [3.63, 3.8) is 0 Å².